The van der Waals surface area contributed by atoms with E-state index < -0.39 is 28.1 Å². The SMILES string of the molecule is O=C(O)c1ccc(Oc2c(F)cccc2[N+](=O)[O-])nn1. The van der Waals surface area contributed by atoms with Gasteiger partial charge >= 0.3 is 11.7 Å². The quantitative estimate of drug-likeness (QED) is 0.672. The van der Waals surface area contributed by atoms with Crippen LogP contribution in [0.3, 0.4) is 0 Å². The van der Waals surface area contributed by atoms with Gasteiger partial charge in [-0.25, -0.2) is 9.18 Å². The van der Waals surface area contributed by atoms with Gasteiger partial charge in [0.2, 0.25) is 11.6 Å². The van der Waals surface area contributed by atoms with Crippen LogP contribution in [0.2, 0.25) is 0 Å². The second kappa shape index (κ2) is 5.26. The second-order valence-electron chi connectivity index (χ2n) is 3.51. The molecule has 0 radical (unpaired) electrons. The summed E-state index contributed by atoms with van der Waals surface area (Å²) in [6, 6.07) is 5.42. The molecule has 1 aromatic carbocycles. The molecule has 1 N–H and O–H groups in total. The summed E-state index contributed by atoms with van der Waals surface area (Å²) in [4.78, 5) is 20.5. The number of rotatable bonds is 4. The van der Waals surface area contributed by atoms with Crippen molar-refractivity contribution < 1.29 is 24.0 Å². The van der Waals surface area contributed by atoms with Crippen molar-refractivity contribution in [3.63, 3.8) is 0 Å². The van der Waals surface area contributed by atoms with E-state index in [2.05, 4.69) is 10.2 Å². The Morgan fingerprint density at radius 3 is 2.60 bits per heavy atom. The smallest absolute Gasteiger partial charge is 0.356 e. The molecule has 0 bridgehead atoms. The summed E-state index contributed by atoms with van der Waals surface area (Å²) in [7, 11) is 0. The zero-order valence-corrected chi connectivity index (χ0v) is 9.69. The van der Waals surface area contributed by atoms with Gasteiger partial charge in [-0.15, -0.1) is 10.2 Å². The highest BCUT2D eigenvalue weighted by molar-refractivity contribution is 5.84. The number of carboxylic acids is 1. The summed E-state index contributed by atoms with van der Waals surface area (Å²) >= 11 is 0. The Balaban J connectivity index is 2.34. The van der Waals surface area contributed by atoms with Gasteiger partial charge in [0.25, 0.3) is 0 Å². The number of nitro groups is 1. The lowest BCUT2D eigenvalue weighted by atomic mass is 10.3. The summed E-state index contributed by atoms with van der Waals surface area (Å²) in [5, 5.41) is 26.1. The van der Waals surface area contributed by atoms with Crippen molar-refractivity contribution in [1.29, 1.82) is 0 Å². The molecule has 0 atom stereocenters. The molecule has 1 heterocycles. The van der Waals surface area contributed by atoms with Crippen LogP contribution in [0.15, 0.2) is 30.3 Å². The third-order valence-corrected chi connectivity index (χ3v) is 2.21. The first kappa shape index (κ1) is 13.3. The number of hydrogen-bond donors (Lipinski definition) is 1. The summed E-state index contributed by atoms with van der Waals surface area (Å²) in [5.41, 5.74) is -0.908. The number of benzene rings is 1. The van der Waals surface area contributed by atoms with Crippen LogP contribution in [0.5, 0.6) is 11.6 Å². The fraction of sp³-hybridized carbons (Fsp3) is 0. The molecule has 8 nitrogen and oxygen atoms in total. The van der Waals surface area contributed by atoms with Gasteiger partial charge in [-0.3, -0.25) is 10.1 Å². The number of nitrogens with zero attached hydrogens (tertiary/aromatic N) is 3. The first-order chi connectivity index (χ1) is 9.49. The van der Waals surface area contributed by atoms with Crippen LogP contribution in [0.4, 0.5) is 10.1 Å². The maximum Gasteiger partial charge on any atom is 0.356 e. The number of para-hydroxylation sites is 1. The average molecular weight is 279 g/mol. The molecule has 20 heavy (non-hydrogen) atoms. The van der Waals surface area contributed by atoms with E-state index in [0.717, 1.165) is 24.3 Å². The lowest BCUT2D eigenvalue weighted by molar-refractivity contribution is -0.385. The number of halogens is 1. The van der Waals surface area contributed by atoms with Gasteiger partial charge in [-0.2, -0.15) is 0 Å². The Kier molecular flexibility index (Phi) is 3.51. The molecular weight excluding hydrogens is 273 g/mol. The molecule has 102 valence electrons. The number of carboxylic acid groups (broad SMARTS) is 1. The van der Waals surface area contributed by atoms with Gasteiger partial charge in [0, 0.05) is 12.1 Å². The second-order valence-corrected chi connectivity index (χ2v) is 3.51. The van der Waals surface area contributed by atoms with E-state index in [4.69, 9.17) is 9.84 Å². The van der Waals surface area contributed by atoms with E-state index in [1.807, 2.05) is 0 Å². The third kappa shape index (κ3) is 2.66. The summed E-state index contributed by atoms with van der Waals surface area (Å²) in [6.07, 6.45) is 0. The van der Waals surface area contributed by atoms with E-state index >= 15 is 0 Å². The molecule has 0 fully saturated rings. The Labute approximate surface area is 110 Å². The molecule has 0 aliphatic heterocycles. The van der Waals surface area contributed by atoms with Crippen LogP contribution in [0.1, 0.15) is 10.5 Å². The van der Waals surface area contributed by atoms with Crippen molar-refractivity contribution in [3.8, 4) is 11.6 Å². The van der Waals surface area contributed by atoms with Gasteiger partial charge in [0.1, 0.15) is 0 Å². The van der Waals surface area contributed by atoms with Crippen molar-refractivity contribution in [3.05, 3.63) is 52.0 Å². The Morgan fingerprint density at radius 1 is 1.30 bits per heavy atom. The first-order valence-electron chi connectivity index (χ1n) is 5.17. The van der Waals surface area contributed by atoms with Crippen LogP contribution in [0.25, 0.3) is 0 Å². The number of aromatic carboxylic acids is 1. The van der Waals surface area contributed by atoms with Gasteiger partial charge in [-0.1, -0.05) is 6.07 Å². The van der Waals surface area contributed by atoms with Crippen LogP contribution in [0, 0.1) is 15.9 Å². The average Bonchev–Trinajstić information content (AvgIpc) is 2.41. The molecule has 0 amide bonds. The molecule has 0 spiro atoms. The highest BCUT2D eigenvalue weighted by atomic mass is 19.1. The van der Waals surface area contributed by atoms with Crippen LogP contribution < -0.4 is 4.74 Å². The maximum absolute atomic E-state index is 13.5. The molecule has 2 rings (SSSR count). The fourth-order valence-electron chi connectivity index (χ4n) is 1.34. The highest BCUT2D eigenvalue weighted by Gasteiger charge is 2.20. The van der Waals surface area contributed by atoms with Crippen molar-refractivity contribution >= 4 is 11.7 Å². The van der Waals surface area contributed by atoms with Gasteiger partial charge < -0.3 is 9.84 Å². The minimum Gasteiger partial charge on any atom is -0.476 e. The fourth-order valence-corrected chi connectivity index (χ4v) is 1.34. The topological polar surface area (TPSA) is 115 Å². The summed E-state index contributed by atoms with van der Waals surface area (Å²) in [6.45, 7) is 0. The van der Waals surface area contributed by atoms with Crippen molar-refractivity contribution in [2.75, 3.05) is 0 Å². The van der Waals surface area contributed by atoms with E-state index in [0.29, 0.717) is 0 Å². The molecule has 0 saturated carbocycles. The minimum absolute atomic E-state index is 0.261. The van der Waals surface area contributed by atoms with E-state index in [1.54, 1.807) is 0 Å². The monoisotopic (exact) mass is 279 g/mol. The summed E-state index contributed by atoms with van der Waals surface area (Å²) in [5.74, 6) is -3.11. The molecule has 1 aromatic heterocycles. The molecule has 0 aliphatic carbocycles. The van der Waals surface area contributed by atoms with E-state index in [1.165, 1.54) is 6.07 Å². The van der Waals surface area contributed by atoms with Crippen molar-refractivity contribution in [1.82, 2.24) is 10.2 Å². The lowest BCUT2D eigenvalue weighted by Crippen LogP contribution is -2.03. The molecule has 9 heteroatoms. The zero-order chi connectivity index (χ0) is 14.7. The van der Waals surface area contributed by atoms with Crippen molar-refractivity contribution in [2.45, 2.75) is 0 Å². The Hall–Kier alpha value is -3.10. The highest BCUT2D eigenvalue weighted by Crippen LogP contribution is 2.32. The number of hydrogen-bond acceptors (Lipinski definition) is 6. The summed E-state index contributed by atoms with van der Waals surface area (Å²) < 4.78 is 18.5. The number of ether oxygens (including phenoxy) is 1. The number of aromatic nitrogens is 2. The Morgan fingerprint density at radius 2 is 2.05 bits per heavy atom. The normalized spacial score (nSPS) is 10.1. The predicted molar refractivity (Wildman–Crippen MR) is 62.1 cm³/mol. The van der Waals surface area contributed by atoms with Gasteiger partial charge in [0.05, 0.1) is 4.92 Å². The van der Waals surface area contributed by atoms with Crippen molar-refractivity contribution in [2.24, 2.45) is 0 Å². The lowest BCUT2D eigenvalue weighted by Gasteiger charge is -2.05. The predicted octanol–water partition coefficient (Wildman–Crippen LogP) is 2.01. The molecule has 0 unspecified atom stereocenters. The largest absolute Gasteiger partial charge is 0.476 e. The van der Waals surface area contributed by atoms with Crippen LogP contribution in [-0.2, 0) is 0 Å². The van der Waals surface area contributed by atoms with Crippen LogP contribution in [-0.4, -0.2) is 26.2 Å². The number of carbonyl (C=O) groups is 1. The molecular formula is C11H6FN3O5. The van der Waals surface area contributed by atoms with E-state index in [-0.39, 0.29) is 11.6 Å². The van der Waals surface area contributed by atoms with E-state index in [9.17, 15) is 19.3 Å². The van der Waals surface area contributed by atoms with Gasteiger partial charge in [0.15, 0.2) is 11.5 Å². The zero-order valence-electron chi connectivity index (χ0n) is 9.69. The molecule has 0 saturated heterocycles. The first-order valence-corrected chi connectivity index (χ1v) is 5.17. The minimum atomic E-state index is -1.29. The Bertz CT molecular complexity index is 674. The molecule has 2 aromatic rings. The maximum atomic E-state index is 13.5. The van der Waals surface area contributed by atoms with Crippen LogP contribution >= 0.6 is 0 Å². The standard InChI is InChI=1S/C11H6FN3O5/c12-6-2-1-3-8(15(18)19)10(6)20-9-5-4-7(11(16)17)13-14-9/h1-5H,(H,16,17). The van der Waals surface area contributed by atoms with Gasteiger partial charge in [-0.05, 0) is 12.1 Å². The third-order valence-electron chi connectivity index (χ3n) is 2.21. The molecule has 0 aliphatic rings. The number of nitro benzene ring substituents is 1.